The summed E-state index contributed by atoms with van der Waals surface area (Å²) in [5.74, 6) is 0.661. The molecule has 0 radical (unpaired) electrons. The lowest BCUT2D eigenvalue weighted by Crippen LogP contribution is -2.25. The molecular formula is C7H12O2. The third-order valence-corrected chi connectivity index (χ3v) is 1.73. The van der Waals surface area contributed by atoms with Crippen molar-refractivity contribution in [2.75, 3.05) is 6.61 Å². The van der Waals surface area contributed by atoms with Crippen molar-refractivity contribution in [2.24, 2.45) is 5.92 Å². The van der Waals surface area contributed by atoms with Gasteiger partial charge in [0.25, 0.3) is 0 Å². The molecule has 0 bridgehead atoms. The van der Waals surface area contributed by atoms with Crippen LogP contribution in [0.4, 0.5) is 0 Å². The molecule has 0 N–H and O–H groups in total. The average Bonchev–Trinajstić information content (AvgIpc) is 1.88. The normalized spacial score (nSPS) is 36.1. The molecule has 1 fully saturated rings. The molecule has 52 valence electrons. The molecule has 0 amide bonds. The Hall–Kier alpha value is -0.370. The van der Waals surface area contributed by atoms with Gasteiger partial charge in [0, 0.05) is 6.61 Å². The highest BCUT2D eigenvalue weighted by Crippen LogP contribution is 2.17. The fraction of sp³-hybridized carbons (Fsp3) is 0.857. The van der Waals surface area contributed by atoms with E-state index >= 15 is 0 Å². The first-order valence-corrected chi connectivity index (χ1v) is 3.40. The van der Waals surface area contributed by atoms with Gasteiger partial charge in [-0.3, -0.25) is 0 Å². The van der Waals surface area contributed by atoms with Gasteiger partial charge in [-0.15, -0.1) is 0 Å². The van der Waals surface area contributed by atoms with Gasteiger partial charge in [-0.2, -0.15) is 0 Å². The number of hydrogen-bond donors (Lipinski definition) is 0. The SMILES string of the molecule is C[C@@H]1CCO[C@@H](C=O)C1. The standard InChI is InChI=1S/C7H12O2/c1-6-2-3-9-7(4-6)5-8/h5-7H,2-4H2,1H3/t6-,7-/m1/s1. The van der Waals surface area contributed by atoms with Crippen LogP contribution in [0.25, 0.3) is 0 Å². The highest BCUT2D eigenvalue weighted by molar-refractivity contribution is 5.56. The minimum atomic E-state index is -0.117. The van der Waals surface area contributed by atoms with Gasteiger partial charge < -0.3 is 9.53 Å². The molecule has 0 aromatic carbocycles. The van der Waals surface area contributed by atoms with Crippen LogP contribution in [0.2, 0.25) is 0 Å². The second kappa shape index (κ2) is 2.97. The van der Waals surface area contributed by atoms with Gasteiger partial charge in [0.15, 0.2) is 0 Å². The summed E-state index contributed by atoms with van der Waals surface area (Å²) in [7, 11) is 0. The number of carbonyl (C=O) groups is 1. The number of ether oxygens (including phenoxy) is 1. The minimum absolute atomic E-state index is 0.117. The predicted molar refractivity (Wildman–Crippen MR) is 34.2 cm³/mol. The molecule has 0 unspecified atom stereocenters. The average molecular weight is 128 g/mol. The third-order valence-electron chi connectivity index (χ3n) is 1.73. The number of hydrogen-bond acceptors (Lipinski definition) is 2. The molecule has 2 heteroatoms. The summed E-state index contributed by atoms with van der Waals surface area (Å²) in [4.78, 5) is 10.2. The van der Waals surface area contributed by atoms with E-state index < -0.39 is 0 Å². The maximum atomic E-state index is 10.2. The van der Waals surface area contributed by atoms with Crippen LogP contribution < -0.4 is 0 Å². The summed E-state index contributed by atoms with van der Waals surface area (Å²) in [6.07, 6.45) is 2.79. The summed E-state index contributed by atoms with van der Waals surface area (Å²) in [5, 5.41) is 0. The lowest BCUT2D eigenvalue weighted by atomic mass is 9.99. The van der Waals surface area contributed by atoms with Gasteiger partial charge in [-0.25, -0.2) is 0 Å². The van der Waals surface area contributed by atoms with Crippen LogP contribution in [0.5, 0.6) is 0 Å². The molecule has 2 nitrogen and oxygen atoms in total. The van der Waals surface area contributed by atoms with Crippen molar-refractivity contribution in [3.05, 3.63) is 0 Å². The first-order valence-electron chi connectivity index (χ1n) is 3.40. The second-order valence-electron chi connectivity index (χ2n) is 2.67. The summed E-state index contributed by atoms with van der Waals surface area (Å²) in [6, 6.07) is 0. The van der Waals surface area contributed by atoms with Gasteiger partial charge in [-0.1, -0.05) is 6.92 Å². The monoisotopic (exact) mass is 128 g/mol. The number of carbonyl (C=O) groups excluding carboxylic acids is 1. The van der Waals surface area contributed by atoms with Gasteiger partial charge in [0.1, 0.15) is 12.4 Å². The Morgan fingerprint density at radius 3 is 2.89 bits per heavy atom. The van der Waals surface area contributed by atoms with Crippen molar-refractivity contribution in [3.8, 4) is 0 Å². The molecule has 1 aliphatic heterocycles. The Labute approximate surface area is 55.2 Å². The molecule has 9 heavy (non-hydrogen) atoms. The van der Waals surface area contributed by atoms with E-state index in [1.54, 1.807) is 0 Å². The van der Waals surface area contributed by atoms with Crippen LogP contribution in [0, 0.1) is 5.92 Å². The summed E-state index contributed by atoms with van der Waals surface area (Å²) < 4.78 is 5.13. The van der Waals surface area contributed by atoms with Gasteiger partial charge >= 0.3 is 0 Å². The number of aldehydes is 1. The van der Waals surface area contributed by atoms with Crippen LogP contribution in [-0.2, 0) is 9.53 Å². The van der Waals surface area contributed by atoms with E-state index in [-0.39, 0.29) is 6.10 Å². The van der Waals surface area contributed by atoms with Crippen LogP contribution >= 0.6 is 0 Å². The molecule has 0 saturated carbocycles. The Morgan fingerprint density at radius 1 is 1.67 bits per heavy atom. The van der Waals surface area contributed by atoms with Gasteiger partial charge in [-0.05, 0) is 18.8 Å². The zero-order valence-corrected chi connectivity index (χ0v) is 5.67. The zero-order valence-electron chi connectivity index (χ0n) is 5.67. The van der Waals surface area contributed by atoms with Crippen LogP contribution in [0.1, 0.15) is 19.8 Å². The van der Waals surface area contributed by atoms with Crippen molar-refractivity contribution in [1.29, 1.82) is 0 Å². The lowest BCUT2D eigenvalue weighted by Gasteiger charge is -2.22. The lowest BCUT2D eigenvalue weighted by molar-refractivity contribution is -0.122. The van der Waals surface area contributed by atoms with E-state index in [0.717, 1.165) is 25.7 Å². The highest BCUT2D eigenvalue weighted by atomic mass is 16.5. The molecule has 0 aliphatic carbocycles. The maximum Gasteiger partial charge on any atom is 0.148 e. The summed E-state index contributed by atoms with van der Waals surface area (Å²) >= 11 is 0. The first kappa shape index (κ1) is 6.75. The van der Waals surface area contributed by atoms with Crippen LogP contribution in [0.3, 0.4) is 0 Å². The van der Waals surface area contributed by atoms with Crippen molar-refractivity contribution in [3.63, 3.8) is 0 Å². The predicted octanol–water partition coefficient (Wildman–Crippen LogP) is 1.00. The van der Waals surface area contributed by atoms with Gasteiger partial charge in [0.2, 0.25) is 0 Å². The van der Waals surface area contributed by atoms with Gasteiger partial charge in [0.05, 0.1) is 0 Å². The van der Waals surface area contributed by atoms with Crippen molar-refractivity contribution in [1.82, 2.24) is 0 Å². The van der Waals surface area contributed by atoms with E-state index in [4.69, 9.17) is 4.74 Å². The van der Waals surface area contributed by atoms with E-state index in [9.17, 15) is 4.79 Å². The summed E-state index contributed by atoms with van der Waals surface area (Å²) in [6.45, 7) is 2.91. The molecule has 1 rings (SSSR count). The first-order chi connectivity index (χ1) is 4.33. The Bertz CT molecular complexity index is 101. The van der Waals surface area contributed by atoms with Crippen LogP contribution in [-0.4, -0.2) is 19.0 Å². The van der Waals surface area contributed by atoms with E-state index in [1.165, 1.54) is 0 Å². The fourth-order valence-electron chi connectivity index (χ4n) is 1.10. The highest BCUT2D eigenvalue weighted by Gasteiger charge is 2.17. The molecule has 0 aromatic heterocycles. The zero-order chi connectivity index (χ0) is 6.69. The van der Waals surface area contributed by atoms with Crippen molar-refractivity contribution >= 4 is 6.29 Å². The Kier molecular flexibility index (Phi) is 2.22. The minimum Gasteiger partial charge on any atom is -0.371 e. The molecular weight excluding hydrogens is 116 g/mol. The summed E-state index contributed by atoms with van der Waals surface area (Å²) in [5.41, 5.74) is 0. The van der Waals surface area contributed by atoms with E-state index in [1.807, 2.05) is 0 Å². The molecule has 1 aliphatic rings. The fourth-order valence-corrected chi connectivity index (χ4v) is 1.10. The smallest absolute Gasteiger partial charge is 0.148 e. The van der Waals surface area contributed by atoms with Crippen LogP contribution in [0.15, 0.2) is 0 Å². The maximum absolute atomic E-state index is 10.2. The third kappa shape index (κ3) is 1.79. The second-order valence-corrected chi connectivity index (χ2v) is 2.67. The molecule has 2 atom stereocenters. The number of rotatable bonds is 1. The molecule has 1 heterocycles. The molecule has 0 spiro atoms. The molecule has 0 aromatic rings. The largest absolute Gasteiger partial charge is 0.371 e. The Morgan fingerprint density at radius 2 is 2.44 bits per heavy atom. The molecule has 1 saturated heterocycles. The topological polar surface area (TPSA) is 26.3 Å². The van der Waals surface area contributed by atoms with Crippen molar-refractivity contribution < 1.29 is 9.53 Å². The Balaban J connectivity index is 2.31. The van der Waals surface area contributed by atoms with E-state index in [2.05, 4.69) is 6.92 Å². The van der Waals surface area contributed by atoms with Crippen molar-refractivity contribution in [2.45, 2.75) is 25.9 Å². The van der Waals surface area contributed by atoms with E-state index in [0.29, 0.717) is 5.92 Å². The quantitative estimate of drug-likeness (QED) is 0.492.